The third kappa shape index (κ3) is 6.59. The number of amides is 1. The molecule has 5 nitrogen and oxygen atoms in total. The highest BCUT2D eigenvalue weighted by molar-refractivity contribution is 5.80. The van der Waals surface area contributed by atoms with Crippen LogP contribution in [0.15, 0.2) is 0 Å². The van der Waals surface area contributed by atoms with Gasteiger partial charge in [0.15, 0.2) is 0 Å². The molecule has 1 unspecified atom stereocenters. The van der Waals surface area contributed by atoms with Crippen molar-refractivity contribution >= 4 is 11.9 Å². The fourth-order valence-corrected chi connectivity index (χ4v) is 1.61. The predicted octanol–water partition coefficient (Wildman–Crippen LogP) is 1.03. The van der Waals surface area contributed by atoms with Crippen molar-refractivity contribution in [2.45, 2.75) is 40.2 Å². The summed E-state index contributed by atoms with van der Waals surface area (Å²) in [5.41, 5.74) is 0. The summed E-state index contributed by atoms with van der Waals surface area (Å²) >= 11 is 0. The van der Waals surface area contributed by atoms with E-state index in [1.165, 1.54) is 0 Å². The normalized spacial score (nSPS) is 12.6. The van der Waals surface area contributed by atoms with E-state index in [2.05, 4.69) is 5.32 Å². The van der Waals surface area contributed by atoms with Gasteiger partial charge in [0.2, 0.25) is 5.91 Å². The Morgan fingerprint density at radius 3 is 2.33 bits per heavy atom. The highest BCUT2D eigenvalue weighted by Crippen LogP contribution is 2.04. The molecule has 0 bridgehead atoms. The number of ether oxygens (including phenoxy) is 1. The van der Waals surface area contributed by atoms with Crippen LogP contribution in [0.5, 0.6) is 0 Å². The van der Waals surface area contributed by atoms with Crippen LogP contribution < -0.4 is 5.32 Å². The molecule has 0 aromatic heterocycles. The second-order valence-electron chi connectivity index (χ2n) is 4.79. The fourth-order valence-electron chi connectivity index (χ4n) is 1.61. The van der Waals surface area contributed by atoms with Gasteiger partial charge in [0, 0.05) is 6.54 Å². The molecule has 0 radical (unpaired) electrons. The average molecular weight is 258 g/mol. The highest BCUT2D eigenvalue weighted by atomic mass is 16.5. The molecule has 5 heteroatoms. The monoisotopic (exact) mass is 258 g/mol. The topological polar surface area (TPSA) is 58.6 Å². The van der Waals surface area contributed by atoms with Gasteiger partial charge in [-0.2, -0.15) is 0 Å². The summed E-state index contributed by atoms with van der Waals surface area (Å²) < 4.78 is 4.98. The standard InChI is InChI=1S/C13H26N2O3/c1-6-11(13(17)18-7-2)15(5)9-12(16)14-8-10(3)4/h10-11H,6-9H2,1-5H3,(H,14,16). The maximum absolute atomic E-state index is 11.7. The lowest BCUT2D eigenvalue weighted by Crippen LogP contribution is -2.45. The van der Waals surface area contributed by atoms with E-state index in [9.17, 15) is 9.59 Å². The molecule has 1 amide bonds. The van der Waals surface area contributed by atoms with Gasteiger partial charge >= 0.3 is 5.97 Å². The second kappa shape index (κ2) is 8.91. The Bertz CT molecular complexity index is 267. The summed E-state index contributed by atoms with van der Waals surface area (Å²) in [7, 11) is 1.76. The number of carbonyl (C=O) groups excluding carboxylic acids is 2. The largest absolute Gasteiger partial charge is 0.465 e. The third-order valence-electron chi connectivity index (χ3n) is 2.58. The van der Waals surface area contributed by atoms with Gasteiger partial charge in [0.25, 0.3) is 0 Å². The van der Waals surface area contributed by atoms with Crippen LogP contribution in [0.2, 0.25) is 0 Å². The Morgan fingerprint density at radius 1 is 1.28 bits per heavy atom. The lowest BCUT2D eigenvalue weighted by Gasteiger charge is -2.24. The molecule has 0 saturated carbocycles. The number of rotatable bonds is 8. The van der Waals surface area contributed by atoms with Gasteiger partial charge in [0.05, 0.1) is 13.2 Å². The Balaban J connectivity index is 4.22. The molecule has 0 aliphatic rings. The quantitative estimate of drug-likeness (QED) is 0.661. The summed E-state index contributed by atoms with van der Waals surface area (Å²) in [4.78, 5) is 25.1. The molecule has 0 aliphatic carbocycles. The summed E-state index contributed by atoms with van der Waals surface area (Å²) in [6, 6.07) is -0.352. The van der Waals surface area contributed by atoms with Crippen molar-refractivity contribution in [1.82, 2.24) is 10.2 Å². The molecule has 0 spiro atoms. The molecule has 0 rings (SSSR count). The van der Waals surface area contributed by atoms with E-state index >= 15 is 0 Å². The molecule has 0 heterocycles. The van der Waals surface area contributed by atoms with E-state index in [-0.39, 0.29) is 24.5 Å². The Labute approximate surface area is 110 Å². The first-order chi connectivity index (χ1) is 8.42. The van der Waals surface area contributed by atoms with Gasteiger partial charge in [-0.3, -0.25) is 14.5 Å². The molecule has 0 aliphatic heterocycles. The second-order valence-corrected chi connectivity index (χ2v) is 4.79. The van der Waals surface area contributed by atoms with Crippen LogP contribution in [-0.4, -0.2) is 49.6 Å². The number of nitrogens with one attached hydrogen (secondary N) is 1. The van der Waals surface area contributed by atoms with Crippen molar-refractivity contribution in [3.05, 3.63) is 0 Å². The summed E-state index contributed by atoms with van der Waals surface area (Å²) in [6.07, 6.45) is 0.632. The van der Waals surface area contributed by atoms with Gasteiger partial charge in [-0.1, -0.05) is 20.8 Å². The van der Waals surface area contributed by atoms with E-state index < -0.39 is 0 Å². The van der Waals surface area contributed by atoms with Crippen molar-refractivity contribution in [2.75, 3.05) is 26.7 Å². The average Bonchev–Trinajstić information content (AvgIpc) is 2.27. The maximum atomic E-state index is 11.7. The third-order valence-corrected chi connectivity index (χ3v) is 2.58. The molecule has 1 atom stereocenters. The van der Waals surface area contributed by atoms with Gasteiger partial charge in [-0.25, -0.2) is 0 Å². The van der Waals surface area contributed by atoms with Crippen LogP contribution in [-0.2, 0) is 14.3 Å². The number of hydrogen-bond donors (Lipinski definition) is 1. The molecule has 0 aromatic rings. The smallest absolute Gasteiger partial charge is 0.323 e. The van der Waals surface area contributed by atoms with E-state index in [0.717, 1.165) is 0 Å². The van der Waals surface area contributed by atoms with E-state index in [1.807, 2.05) is 20.8 Å². The van der Waals surface area contributed by atoms with Crippen LogP contribution in [0.4, 0.5) is 0 Å². The number of carbonyl (C=O) groups is 2. The Kier molecular flexibility index (Phi) is 8.37. The zero-order valence-corrected chi connectivity index (χ0v) is 12.2. The van der Waals surface area contributed by atoms with Crippen molar-refractivity contribution in [1.29, 1.82) is 0 Å². The first kappa shape index (κ1) is 16.9. The highest BCUT2D eigenvalue weighted by Gasteiger charge is 2.23. The van der Waals surface area contributed by atoms with Crippen molar-refractivity contribution < 1.29 is 14.3 Å². The van der Waals surface area contributed by atoms with Crippen molar-refractivity contribution in [3.8, 4) is 0 Å². The molecule has 106 valence electrons. The summed E-state index contributed by atoms with van der Waals surface area (Å²) in [6.45, 7) is 8.99. The van der Waals surface area contributed by atoms with Crippen LogP contribution in [0, 0.1) is 5.92 Å². The van der Waals surface area contributed by atoms with E-state index in [0.29, 0.717) is 25.5 Å². The molecular formula is C13H26N2O3. The number of likely N-dealkylation sites (N-methyl/N-ethyl adjacent to an activating group) is 1. The minimum atomic E-state index is -0.352. The van der Waals surface area contributed by atoms with Gasteiger partial charge in [-0.05, 0) is 26.3 Å². The number of nitrogens with zero attached hydrogens (tertiary/aromatic N) is 1. The molecule has 18 heavy (non-hydrogen) atoms. The zero-order valence-electron chi connectivity index (χ0n) is 12.2. The SMILES string of the molecule is CCOC(=O)C(CC)N(C)CC(=O)NCC(C)C. The lowest BCUT2D eigenvalue weighted by atomic mass is 10.2. The molecule has 0 saturated heterocycles. The van der Waals surface area contributed by atoms with Crippen LogP contribution in [0.3, 0.4) is 0 Å². The van der Waals surface area contributed by atoms with Crippen LogP contribution >= 0.6 is 0 Å². The summed E-state index contributed by atoms with van der Waals surface area (Å²) in [5.74, 6) is 0.0967. The minimum Gasteiger partial charge on any atom is -0.465 e. The minimum absolute atomic E-state index is 0.0612. The first-order valence-electron chi connectivity index (χ1n) is 6.55. The molecule has 0 aromatic carbocycles. The van der Waals surface area contributed by atoms with Crippen molar-refractivity contribution in [3.63, 3.8) is 0 Å². The molecular weight excluding hydrogens is 232 g/mol. The van der Waals surface area contributed by atoms with Crippen LogP contribution in [0.1, 0.15) is 34.1 Å². The molecule has 1 N–H and O–H groups in total. The van der Waals surface area contributed by atoms with E-state index in [1.54, 1.807) is 18.9 Å². The lowest BCUT2D eigenvalue weighted by molar-refractivity contribution is -0.149. The number of hydrogen-bond acceptors (Lipinski definition) is 4. The van der Waals surface area contributed by atoms with Gasteiger partial charge in [-0.15, -0.1) is 0 Å². The Hall–Kier alpha value is -1.10. The van der Waals surface area contributed by atoms with Gasteiger partial charge in [0.1, 0.15) is 6.04 Å². The van der Waals surface area contributed by atoms with Crippen LogP contribution in [0.25, 0.3) is 0 Å². The predicted molar refractivity (Wildman–Crippen MR) is 71.2 cm³/mol. The van der Waals surface area contributed by atoms with Crippen molar-refractivity contribution in [2.24, 2.45) is 5.92 Å². The fraction of sp³-hybridized carbons (Fsp3) is 0.846. The number of esters is 1. The zero-order chi connectivity index (χ0) is 14.1. The molecule has 0 fully saturated rings. The van der Waals surface area contributed by atoms with E-state index in [4.69, 9.17) is 4.74 Å². The van der Waals surface area contributed by atoms with Gasteiger partial charge < -0.3 is 10.1 Å². The Morgan fingerprint density at radius 2 is 1.89 bits per heavy atom. The maximum Gasteiger partial charge on any atom is 0.323 e. The summed E-state index contributed by atoms with van der Waals surface area (Å²) in [5, 5.41) is 2.83. The first-order valence-corrected chi connectivity index (χ1v) is 6.55.